The van der Waals surface area contributed by atoms with Gasteiger partial charge in [0.25, 0.3) is 0 Å². The maximum atomic E-state index is 5.67. The number of rotatable bonds is 7. The van der Waals surface area contributed by atoms with Gasteiger partial charge in [0.15, 0.2) is 0 Å². The minimum Gasteiger partial charge on any atom is -0.377 e. The van der Waals surface area contributed by atoms with Gasteiger partial charge in [-0.25, -0.2) is 0 Å². The molecule has 2 saturated carbocycles. The first-order chi connectivity index (χ1) is 40.4. The van der Waals surface area contributed by atoms with E-state index in [-0.39, 0.29) is 0 Å². The van der Waals surface area contributed by atoms with E-state index in [9.17, 15) is 0 Å². The Hall–Kier alpha value is -0.440. The van der Waals surface area contributed by atoms with Crippen LogP contribution in [0.15, 0.2) is 0 Å². The molecule has 10 atom stereocenters. The highest BCUT2D eigenvalue weighted by molar-refractivity contribution is 4.94. The number of nitrogens with zero attached hydrogens (tertiary/aromatic N) is 7. The minimum atomic E-state index is 0.463. The second-order valence-electron chi connectivity index (χ2n) is 26.6. The third-order valence-corrected chi connectivity index (χ3v) is 18.7. The van der Waals surface area contributed by atoms with Crippen molar-refractivity contribution < 1.29 is 18.9 Å². The predicted molar refractivity (Wildman–Crippen MR) is 370 cm³/mol. The molecule has 0 amide bonds. The van der Waals surface area contributed by atoms with Crippen molar-refractivity contribution in [3.8, 4) is 0 Å². The van der Waals surface area contributed by atoms with Crippen LogP contribution in [0.2, 0.25) is 0 Å². The minimum absolute atomic E-state index is 0.463. The first kappa shape index (κ1) is 83.6. The number of likely N-dealkylation sites (tertiary alicyclic amines) is 4. The summed E-state index contributed by atoms with van der Waals surface area (Å²) in [5.74, 6) is 4.03. The van der Waals surface area contributed by atoms with Crippen molar-refractivity contribution >= 4 is 0 Å². The topological polar surface area (TPSA) is 59.6 Å². The molecule has 0 N–H and O–H groups in total. The van der Waals surface area contributed by atoms with Crippen LogP contribution in [0.1, 0.15) is 277 Å². The Morgan fingerprint density at radius 2 is 0.655 bits per heavy atom. The summed E-state index contributed by atoms with van der Waals surface area (Å²) >= 11 is 0. The molecule has 16 aliphatic rings. The van der Waals surface area contributed by atoms with E-state index in [1.165, 1.54) is 129 Å². The first-order valence-electron chi connectivity index (χ1n) is 37.2. The van der Waals surface area contributed by atoms with Gasteiger partial charge in [-0.05, 0) is 198 Å². The van der Waals surface area contributed by atoms with E-state index in [1.807, 2.05) is 96.9 Å². The summed E-state index contributed by atoms with van der Waals surface area (Å²) in [6, 6.07) is 6.07. The van der Waals surface area contributed by atoms with Crippen molar-refractivity contribution in [3.63, 3.8) is 0 Å². The summed E-state index contributed by atoms with van der Waals surface area (Å²) in [6.45, 7) is 75.9. The van der Waals surface area contributed by atoms with Crippen LogP contribution in [0.5, 0.6) is 0 Å². The quantitative estimate of drug-likeness (QED) is 0.245. The van der Waals surface area contributed by atoms with Crippen LogP contribution >= 0.6 is 0 Å². The SMILES string of the molecule is CC.CC.CC.CC.CC.CC.CC.CC(C)N1CC2CC(C1)O2.CC(C)N1CC2CC(C1)O2.CC(C)N1CC2CC(C2)C1.CC(C)N1CC2CCC1C2.CC(C)N1CC2CCC1O2.CC(C)N1CC2COC(C2)C1.CC(C)N1CCCCC1. The van der Waals surface area contributed by atoms with Crippen molar-refractivity contribution in [3.05, 3.63) is 0 Å². The molecular weight excluding hydrogens is 1040 g/mol. The lowest BCUT2D eigenvalue weighted by Crippen LogP contribution is -2.58. The fourth-order valence-electron chi connectivity index (χ4n) is 14.1. The van der Waals surface area contributed by atoms with Gasteiger partial charge in [0, 0.05) is 127 Å². The van der Waals surface area contributed by atoms with E-state index in [4.69, 9.17) is 18.9 Å². The zero-order valence-electron chi connectivity index (χ0n) is 62.1. The van der Waals surface area contributed by atoms with Crippen LogP contribution in [-0.2, 0) is 18.9 Å². The number of morpholine rings is 2. The average Bonchev–Trinajstić information content (AvgIpc) is 4.53. The molecule has 14 aliphatic heterocycles. The molecule has 0 aromatic rings. The van der Waals surface area contributed by atoms with Gasteiger partial charge in [-0.2, -0.15) is 0 Å². The zero-order chi connectivity index (χ0) is 64.2. The molecule has 84 heavy (non-hydrogen) atoms. The van der Waals surface area contributed by atoms with Gasteiger partial charge in [-0.1, -0.05) is 103 Å². The monoisotopic (exact) mass is 1190 g/mol. The normalized spacial score (nSPS) is 31.8. The maximum Gasteiger partial charge on any atom is 0.111 e. The highest BCUT2D eigenvalue weighted by atomic mass is 16.5. The fourth-order valence-corrected chi connectivity index (χ4v) is 14.1. The van der Waals surface area contributed by atoms with E-state index < -0.39 is 0 Å². The van der Waals surface area contributed by atoms with Crippen LogP contribution in [-0.4, -0.2) is 211 Å². The number of piperidine rings is 8. The Labute approximate surface area is 528 Å². The molecule has 506 valence electrons. The zero-order valence-corrected chi connectivity index (χ0v) is 62.1. The summed E-state index contributed by atoms with van der Waals surface area (Å²) in [4.78, 5) is 17.9. The van der Waals surface area contributed by atoms with Crippen molar-refractivity contribution in [2.24, 2.45) is 23.7 Å². The third kappa shape index (κ3) is 29.2. The van der Waals surface area contributed by atoms with Gasteiger partial charge in [0.05, 0.1) is 43.2 Å². The highest BCUT2D eigenvalue weighted by Crippen LogP contribution is 2.40. The number of ether oxygens (including phenoxy) is 4. The molecule has 14 heterocycles. The van der Waals surface area contributed by atoms with Crippen molar-refractivity contribution in [2.75, 3.05) is 85.1 Å². The third-order valence-electron chi connectivity index (χ3n) is 18.7. The lowest BCUT2D eigenvalue weighted by molar-refractivity contribution is -0.186. The average molecular weight is 1200 g/mol. The van der Waals surface area contributed by atoms with E-state index in [1.54, 1.807) is 0 Å². The second kappa shape index (κ2) is 47.5. The number of hydrogen-bond donors (Lipinski definition) is 0. The molecule has 0 aromatic heterocycles. The van der Waals surface area contributed by atoms with Crippen LogP contribution in [0.3, 0.4) is 0 Å². The van der Waals surface area contributed by atoms with Gasteiger partial charge in [-0.15, -0.1) is 0 Å². The van der Waals surface area contributed by atoms with Crippen molar-refractivity contribution in [2.45, 2.75) is 369 Å². The van der Waals surface area contributed by atoms with Gasteiger partial charge in [0.1, 0.15) is 6.23 Å². The molecule has 11 nitrogen and oxygen atoms in total. The van der Waals surface area contributed by atoms with Crippen LogP contribution < -0.4 is 0 Å². The Bertz CT molecular complexity index is 1330. The van der Waals surface area contributed by atoms with E-state index in [2.05, 4.69) is 131 Å². The molecule has 2 aliphatic carbocycles. The van der Waals surface area contributed by atoms with Crippen LogP contribution in [0.25, 0.3) is 0 Å². The molecule has 14 saturated heterocycles. The molecule has 0 spiro atoms. The van der Waals surface area contributed by atoms with Gasteiger partial charge < -0.3 is 28.7 Å². The second-order valence-corrected chi connectivity index (χ2v) is 26.6. The molecule has 0 radical (unpaired) electrons. The predicted octanol–water partition coefficient (Wildman–Crippen LogP) is 16.7. The highest BCUT2D eigenvalue weighted by Gasteiger charge is 2.42. The summed E-state index contributed by atoms with van der Waals surface area (Å²) < 4.78 is 22.3. The van der Waals surface area contributed by atoms with Gasteiger partial charge >= 0.3 is 0 Å². The Morgan fingerprint density at radius 3 is 0.917 bits per heavy atom. The summed E-state index contributed by atoms with van der Waals surface area (Å²) in [7, 11) is 0. The Kier molecular flexibility index (Phi) is 47.2. The van der Waals surface area contributed by atoms with Crippen LogP contribution in [0, 0.1) is 23.7 Å². The summed E-state index contributed by atoms with van der Waals surface area (Å²) in [5.41, 5.74) is 0. The molecule has 16 fully saturated rings. The molecular formula is C73H155N7O4. The van der Waals surface area contributed by atoms with Crippen LogP contribution in [0.4, 0.5) is 0 Å². The lowest BCUT2D eigenvalue weighted by atomic mass is 9.71. The lowest BCUT2D eigenvalue weighted by Gasteiger charge is -2.48. The Morgan fingerprint density at radius 1 is 0.274 bits per heavy atom. The molecule has 10 unspecified atom stereocenters. The molecule has 0 aromatic carbocycles. The maximum absolute atomic E-state index is 5.67. The summed E-state index contributed by atoms with van der Waals surface area (Å²) in [6.07, 6.45) is 22.1. The molecule has 11 heteroatoms. The number of hydrogen-bond acceptors (Lipinski definition) is 11. The fraction of sp³-hybridized carbons (Fsp3) is 1.00. The van der Waals surface area contributed by atoms with Gasteiger partial charge in [0.2, 0.25) is 0 Å². The summed E-state index contributed by atoms with van der Waals surface area (Å²) in [5, 5.41) is 0. The van der Waals surface area contributed by atoms with Crippen molar-refractivity contribution in [1.82, 2.24) is 34.3 Å². The van der Waals surface area contributed by atoms with E-state index in [0.717, 1.165) is 87.2 Å². The van der Waals surface area contributed by atoms with E-state index in [0.29, 0.717) is 67.0 Å². The standard InChI is InChI=1S/C9H17NO.2C9H17N.3C8H15NO.C8H17N.7C2H6/c1-7(2)10-4-8-3-9(5-10)11-6-8;1-7(2)10-5-8-3-9(4-8)6-10;1-7(2)10-6-8-3-4-9(10)5-8;2*1-6(2)9-4-7-3-8(5-9)10-7;1-6(2)9-5-7-3-4-8(9)10-7;1-8(2)9-6-4-3-5-7-9;7*1-2/h7-9H,3-6H2,1-2H3;2*7-9H,3-6H2,1-2H3;3*6-8H,3-5H2,1-2H3;8H,3-7H2,1-2H3;7*1-2H3. The largest absolute Gasteiger partial charge is 0.377 e. The van der Waals surface area contributed by atoms with E-state index >= 15 is 0 Å². The first-order valence-corrected chi connectivity index (χ1v) is 37.2. The smallest absolute Gasteiger partial charge is 0.111 e. The van der Waals surface area contributed by atoms with Gasteiger partial charge in [-0.3, -0.25) is 24.5 Å². The molecule has 16 rings (SSSR count). The molecule has 12 bridgehead atoms. The van der Waals surface area contributed by atoms with Crippen molar-refractivity contribution in [1.29, 1.82) is 0 Å². The Balaban J connectivity index is 0.000000924. The number of fused-ring (bicyclic) bond motifs is 12.